The molecule has 0 bridgehead atoms. The van der Waals surface area contributed by atoms with Gasteiger partial charge in [-0.1, -0.05) is 97.1 Å². The molecule has 4 aromatic heterocycles. The van der Waals surface area contributed by atoms with Crippen LogP contribution in [0.5, 0.6) is 0 Å². The third-order valence-corrected chi connectivity index (χ3v) is 12.1. The Balaban J connectivity index is 1.07. The van der Waals surface area contributed by atoms with Crippen LogP contribution in [0, 0.1) is 0 Å². The maximum Gasteiger partial charge on any atom is 0.164 e. The molecular weight excluding hydrogens is 661 g/mol. The highest BCUT2D eigenvalue weighted by atomic mass is 32.1. The van der Waals surface area contributed by atoms with Gasteiger partial charge in [-0.2, -0.15) is 0 Å². The Kier molecular flexibility index (Phi) is 6.26. The summed E-state index contributed by atoms with van der Waals surface area (Å²) in [6.45, 7) is 0. The molecule has 51 heavy (non-hydrogen) atoms. The fourth-order valence-electron chi connectivity index (χ4n) is 7.45. The van der Waals surface area contributed by atoms with E-state index in [-0.39, 0.29) is 0 Å². The second-order valence-electron chi connectivity index (χ2n) is 12.8. The summed E-state index contributed by atoms with van der Waals surface area (Å²) < 4.78 is 7.52. The van der Waals surface area contributed by atoms with E-state index in [0.29, 0.717) is 17.5 Å². The summed E-state index contributed by atoms with van der Waals surface area (Å²) in [5, 5.41) is 7.63. The SMILES string of the molecule is c1ccc(-c2nc(-c3ccccc3)nc(-c3ccc4sc5cc6c(cc5c4c3)sc3ccc(-n4c5ccccc5c5ccccc54)cc36)n2)cc1. The van der Waals surface area contributed by atoms with Crippen LogP contribution in [0.25, 0.3) is 102 Å². The first-order valence-corrected chi connectivity index (χ1v) is 18.6. The molecule has 0 amide bonds. The third kappa shape index (κ3) is 4.54. The predicted molar refractivity (Wildman–Crippen MR) is 216 cm³/mol. The number of para-hydroxylation sites is 2. The number of nitrogens with zero attached hydrogens (tertiary/aromatic N) is 4. The Hall–Kier alpha value is -6.21. The highest BCUT2D eigenvalue weighted by Crippen LogP contribution is 2.43. The summed E-state index contributed by atoms with van der Waals surface area (Å²) in [6, 6.07) is 56.0. The van der Waals surface area contributed by atoms with Crippen molar-refractivity contribution in [2.75, 3.05) is 0 Å². The molecule has 4 nitrogen and oxygen atoms in total. The summed E-state index contributed by atoms with van der Waals surface area (Å²) in [6.07, 6.45) is 0. The summed E-state index contributed by atoms with van der Waals surface area (Å²) in [4.78, 5) is 14.9. The van der Waals surface area contributed by atoms with E-state index in [9.17, 15) is 0 Å². The molecule has 0 aliphatic carbocycles. The van der Waals surface area contributed by atoms with E-state index in [1.165, 1.54) is 67.8 Å². The summed E-state index contributed by atoms with van der Waals surface area (Å²) in [5.41, 5.74) is 6.55. The van der Waals surface area contributed by atoms with Crippen LogP contribution in [-0.4, -0.2) is 19.5 Å². The van der Waals surface area contributed by atoms with Crippen LogP contribution >= 0.6 is 22.7 Å². The Bertz CT molecular complexity index is 3030. The van der Waals surface area contributed by atoms with Crippen LogP contribution in [-0.2, 0) is 0 Å². The Morgan fingerprint density at radius 3 is 1.35 bits per heavy atom. The van der Waals surface area contributed by atoms with Gasteiger partial charge in [0.05, 0.1) is 11.0 Å². The van der Waals surface area contributed by atoms with E-state index in [1.54, 1.807) is 0 Å². The Labute approximate surface area is 300 Å². The van der Waals surface area contributed by atoms with Gasteiger partial charge in [-0.05, 0) is 60.7 Å². The second kappa shape index (κ2) is 11.2. The third-order valence-electron chi connectivity index (χ3n) is 9.84. The number of benzene rings is 7. The number of rotatable bonds is 4. The largest absolute Gasteiger partial charge is 0.309 e. The fourth-order valence-corrected chi connectivity index (χ4v) is 9.67. The van der Waals surface area contributed by atoms with Gasteiger partial charge in [0.1, 0.15) is 0 Å². The molecule has 0 radical (unpaired) electrons. The monoisotopic (exact) mass is 686 g/mol. The standard InChI is InChI=1S/C45H26N4S2/c1-3-11-27(12-4-1)43-46-44(28-13-5-2-6-14-28)48-45(47-43)29-19-21-39-33(23-29)35-25-42-36(26-41(35)50-39)34-24-30(20-22-40(34)51-42)49-37-17-9-7-15-31(37)32-16-8-10-18-38(32)49/h1-26H. The van der Waals surface area contributed by atoms with E-state index in [4.69, 9.17) is 15.0 Å². The van der Waals surface area contributed by atoms with Gasteiger partial charge in [0.25, 0.3) is 0 Å². The molecule has 238 valence electrons. The molecule has 0 saturated heterocycles. The number of hydrogen-bond acceptors (Lipinski definition) is 5. The predicted octanol–water partition coefficient (Wildman–Crippen LogP) is 12.7. The lowest BCUT2D eigenvalue weighted by Crippen LogP contribution is -2.00. The maximum atomic E-state index is 5.00. The van der Waals surface area contributed by atoms with Gasteiger partial charge in [-0.15, -0.1) is 22.7 Å². The molecule has 0 N–H and O–H groups in total. The molecule has 6 heteroatoms. The first-order valence-electron chi connectivity index (χ1n) is 16.9. The summed E-state index contributed by atoms with van der Waals surface area (Å²) in [7, 11) is 0. The van der Waals surface area contributed by atoms with Gasteiger partial charge in [0.15, 0.2) is 17.5 Å². The quantitative estimate of drug-likeness (QED) is 0.185. The average molecular weight is 687 g/mol. The summed E-state index contributed by atoms with van der Waals surface area (Å²) >= 11 is 3.71. The second-order valence-corrected chi connectivity index (χ2v) is 15.0. The molecule has 0 fully saturated rings. The lowest BCUT2D eigenvalue weighted by atomic mass is 10.1. The van der Waals surface area contributed by atoms with Crippen LogP contribution in [0.4, 0.5) is 0 Å². The molecule has 0 unspecified atom stereocenters. The molecule has 0 spiro atoms. The van der Waals surface area contributed by atoms with Crippen molar-refractivity contribution in [3.63, 3.8) is 0 Å². The van der Waals surface area contributed by atoms with Crippen molar-refractivity contribution in [1.29, 1.82) is 0 Å². The van der Waals surface area contributed by atoms with E-state index < -0.39 is 0 Å². The molecule has 0 aliphatic heterocycles. The van der Waals surface area contributed by atoms with E-state index in [0.717, 1.165) is 16.7 Å². The lowest BCUT2D eigenvalue weighted by Gasteiger charge is -2.08. The molecule has 0 aliphatic rings. The molecule has 11 rings (SSSR count). The van der Waals surface area contributed by atoms with Gasteiger partial charge in [0.2, 0.25) is 0 Å². The van der Waals surface area contributed by atoms with Crippen LogP contribution in [0.2, 0.25) is 0 Å². The van der Waals surface area contributed by atoms with Crippen molar-refractivity contribution in [3.8, 4) is 39.9 Å². The van der Waals surface area contributed by atoms with Crippen LogP contribution in [0.15, 0.2) is 158 Å². The minimum atomic E-state index is 0.669. The van der Waals surface area contributed by atoms with E-state index >= 15 is 0 Å². The minimum Gasteiger partial charge on any atom is -0.309 e. The van der Waals surface area contributed by atoms with Crippen molar-refractivity contribution < 1.29 is 0 Å². The maximum absolute atomic E-state index is 5.00. The zero-order valence-corrected chi connectivity index (χ0v) is 28.7. The smallest absolute Gasteiger partial charge is 0.164 e. The zero-order valence-electron chi connectivity index (χ0n) is 27.1. The van der Waals surface area contributed by atoms with E-state index in [1.807, 2.05) is 83.3 Å². The summed E-state index contributed by atoms with van der Waals surface area (Å²) in [5.74, 6) is 2.01. The van der Waals surface area contributed by atoms with Gasteiger partial charge in [-0.25, -0.2) is 15.0 Å². The zero-order chi connectivity index (χ0) is 33.5. The number of thiophene rings is 2. The van der Waals surface area contributed by atoms with Crippen molar-refractivity contribution in [3.05, 3.63) is 158 Å². The van der Waals surface area contributed by atoms with Gasteiger partial charge >= 0.3 is 0 Å². The van der Waals surface area contributed by atoms with Crippen LogP contribution in [0.1, 0.15) is 0 Å². The number of fused-ring (bicyclic) bond motifs is 9. The lowest BCUT2D eigenvalue weighted by molar-refractivity contribution is 1.07. The highest BCUT2D eigenvalue weighted by Gasteiger charge is 2.17. The van der Waals surface area contributed by atoms with Crippen LogP contribution in [0.3, 0.4) is 0 Å². The van der Waals surface area contributed by atoms with Crippen molar-refractivity contribution in [1.82, 2.24) is 19.5 Å². The van der Waals surface area contributed by atoms with Crippen molar-refractivity contribution >= 4 is 84.8 Å². The molecule has 0 saturated carbocycles. The van der Waals surface area contributed by atoms with Crippen LogP contribution < -0.4 is 0 Å². The van der Waals surface area contributed by atoms with Gasteiger partial charge < -0.3 is 4.57 Å². The molecule has 11 aromatic rings. The first kappa shape index (κ1) is 28.6. The van der Waals surface area contributed by atoms with E-state index in [2.05, 4.69) is 102 Å². The molecule has 7 aromatic carbocycles. The van der Waals surface area contributed by atoms with Crippen molar-refractivity contribution in [2.45, 2.75) is 0 Å². The minimum absolute atomic E-state index is 0.669. The molecular formula is C45H26N4S2. The Morgan fingerprint density at radius 2 is 0.784 bits per heavy atom. The topological polar surface area (TPSA) is 43.6 Å². The normalized spacial score (nSPS) is 11.9. The molecule has 0 atom stereocenters. The first-order chi connectivity index (χ1) is 25.2. The number of hydrogen-bond donors (Lipinski definition) is 0. The highest BCUT2D eigenvalue weighted by molar-refractivity contribution is 7.27. The molecule has 4 heterocycles. The average Bonchev–Trinajstić information content (AvgIpc) is 3.86. The van der Waals surface area contributed by atoms with Crippen molar-refractivity contribution in [2.24, 2.45) is 0 Å². The fraction of sp³-hybridized carbons (Fsp3) is 0. The van der Waals surface area contributed by atoms with Gasteiger partial charge in [-0.3, -0.25) is 0 Å². The number of aromatic nitrogens is 4. The Morgan fingerprint density at radius 1 is 0.333 bits per heavy atom. The van der Waals surface area contributed by atoms with Gasteiger partial charge in [0, 0.05) is 73.5 Å².